The predicted octanol–water partition coefficient (Wildman–Crippen LogP) is 3.24. The number of hydrogen-bond acceptors (Lipinski definition) is 3. The van der Waals surface area contributed by atoms with Gasteiger partial charge in [-0.2, -0.15) is 0 Å². The Bertz CT molecular complexity index is 888. The molecular formula is C19H17NO4. The number of aliphatic carboxylic acids is 2. The Morgan fingerprint density at radius 2 is 1.42 bits per heavy atom. The summed E-state index contributed by atoms with van der Waals surface area (Å²) in [7, 11) is 0. The van der Waals surface area contributed by atoms with Crippen molar-refractivity contribution in [3.63, 3.8) is 0 Å². The lowest BCUT2D eigenvalue weighted by molar-refractivity contribution is -0.133. The molecule has 0 bridgehead atoms. The smallest absolute Gasteiger partial charge is 0.334 e. The van der Waals surface area contributed by atoms with E-state index in [9.17, 15) is 19.8 Å². The van der Waals surface area contributed by atoms with E-state index in [0.717, 1.165) is 10.8 Å². The molecule has 2 aromatic rings. The highest BCUT2D eigenvalue weighted by Gasteiger charge is 2.36. The van der Waals surface area contributed by atoms with Crippen LogP contribution in [0.2, 0.25) is 0 Å². The SMILES string of the molecule is CC1=C(C(=O)O)C(c2ccc3ccccc3c2)C(C(=O)O)=C(C)N1. The first-order valence-corrected chi connectivity index (χ1v) is 7.54. The molecular weight excluding hydrogens is 306 g/mol. The summed E-state index contributed by atoms with van der Waals surface area (Å²) in [6.07, 6.45) is 0. The molecule has 1 heterocycles. The topological polar surface area (TPSA) is 86.6 Å². The quantitative estimate of drug-likeness (QED) is 0.807. The number of carboxylic acids is 2. The lowest BCUT2D eigenvalue weighted by Gasteiger charge is -2.28. The van der Waals surface area contributed by atoms with Crippen LogP contribution in [0.1, 0.15) is 25.3 Å². The fourth-order valence-corrected chi connectivity index (χ4v) is 3.28. The molecule has 5 heteroatoms. The van der Waals surface area contributed by atoms with Gasteiger partial charge in [0, 0.05) is 11.4 Å². The average Bonchev–Trinajstić information content (AvgIpc) is 2.52. The zero-order valence-electron chi connectivity index (χ0n) is 13.3. The average molecular weight is 323 g/mol. The molecule has 0 spiro atoms. The molecule has 0 unspecified atom stereocenters. The summed E-state index contributed by atoms with van der Waals surface area (Å²) in [6.45, 7) is 3.30. The maximum atomic E-state index is 11.8. The largest absolute Gasteiger partial charge is 0.478 e. The van der Waals surface area contributed by atoms with Crippen molar-refractivity contribution in [2.45, 2.75) is 19.8 Å². The molecule has 24 heavy (non-hydrogen) atoms. The van der Waals surface area contributed by atoms with Crippen LogP contribution in [0.5, 0.6) is 0 Å². The van der Waals surface area contributed by atoms with Gasteiger partial charge in [0.2, 0.25) is 0 Å². The summed E-state index contributed by atoms with van der Waals surface area (Å²) in [5.74, 6) is -3.06. The second kappa shape index (κ2) is 5.85. The van der Waals surface area contributed by atoms with Crippen molar-refractivity contribution in [2.24, 2.45) is 0 Å². The Kier molecular flexibility index (Phi) is 3.85. The molecule has 3 N–H and O–H groups in total. The second-order valence-corrected chi connectivity index (χ2v) is 5.85. The Balaban J connectivity index is 2.26. The summed E-state index contributed by atoms with van der Waals surface area (Å²) in [5.41, 5.74) is 1.71. The molecule has 5 nitrogen and oxygen atoms in total. The first kappa shape index (κ1) is 15.8. The molecule has 0 saturated heterocycles. The summed E-state index contributed by atoms with van der Waals surface area (Å²) in [6, 6.07) is 13.2. The first-order valence-electron chi connectivity index (χ1n) is 7.54. The van der Waals surface area contributed by atoms with Gasteiger partial charge in [-0.15, -0.1) is 0 Å². The van der Waals surface area contributed by atoms with E-state index in [2.05, 4.69) is 5.32 Å². The van der Waals surface area contributed by atoms with Crippen LogP contribution in [0.15, 0.2) is 65.0 Å². The third-order valence-corrected chi connectivity index (χ3v) is 4.33. The zero-order chi connectivity index (χ0) is 17.4. The fraction of sp³-hybridized carbons (Fsp3) is 0.158. The first-order chi connectivity index (χ1) is 11.4. The summed E-state index contributed by atoms with van der Waals surface area (Å²) >= 11 is 0. The predicted molar refractivity (Wildman–Crippen MR) is 90.5 cm³/mol. The molecule has 3 rings (SSSR count). The van der Waals surface area contributed by atoms with Gasteiger partial charge in [-0.05, 0) is 30.2 Å². The molecule has 0 atom stereocenters. The third kappa shape index (κ3) is 2.54. The van der Waals surface area contributed by atoms with Crippen molar-refractivity contribution < 1.29 is 19.8 Å². The number of benzene rings is 2. The number of hydrogen-bond donors (Lipinski definition) is 3. The molecule has 0 saturated carbocycles. The van der Waals surface area contributed by atoms with Crippen molar-refractivity contribution >= 4 is 22.7 Å². The number of allylic oxidation sites excluding steroid dienone is 2. The lowest BCUT2D eigenvalue weighted by atomic mass is 9.80. The number of nitrogens with one attached hydrogen (secondary N) is 1. The molecule has 1 aliphatic rings. The Labute approximate surface area is 138 Å². The van der Waals surface area contributed by atoms with E-state index in [-0.39, 0.29) is 11.1 Å². The van der Waals surface area contributed by atoms with Gasteiger partial charge in [0.05, 0.1) is 17.1 Å². The standard InChI is InChI=1S/C19H17NO4/c1-10-15(18(21)22)17(16(19(23)24)11(2)20-10)14-8-7-12-5-3-4-6-13(12)9-14/h3-9,17,20H,1-2H3,(H,21,22)(H,23,24). The van der Waals surface area contributed by atoms with Crippen molar-refractivity contribution in [3.8, 4) is 0 Å². The van der Waals surface area contributed by atoms with E-state index in [0.29, 0.717) is 17.0 Å². The van der Waals surface area contributed by atoms with Gasteiger partial charge in [-0.1, -0.05) is 42.5 Å². The van der Waals surface area contributed by atoms with Crippen molar-refractivity contribution in [1.82, 2.24) is 5.32 Å². The zero-order valence-corrected chi connectivity index (χ0v) is 13.3. The Morgan fingerprint density at radius 1 is 0.875 bits per heavy atom. The van der Waals surface area contributed by atoms with Gasteiger partial charge in [-0.25, -0.2) is 9.59 Å². The van der Waals surface area contributed by atoms with E-state index >= 15 is 0 Å². The van der Waals surface area contributed by atoms with Gasteiger partial charge in [-0.3, -0.25) is 0 Å². The van der Waals surface area contributed by atoms with E-state index in [1.54, 1.807) is 19.9 Å². The van der Waals surface area contributed by atoms with Gasteiger partial charge in [0.1, 0.15) is 0 Å². The highest BCUT2D eigenvalue weighted by Crippen LogP contribution is 2.39. The summed E-state index contributed by atoms with van der Waals surface area (Å²) < 4.78 is 0. The minimum Gasteiger partial charge on any atom is -0.478 e. The number of carbonyl (C=O) groups is 2. The van der Waals surface area contributed by atoms with Crippen LogP contribution >= 0.6 is 0 Å². The van der Waals surface area contributed by atoms with Crippen LogP contribution < -0.4 is 5.32 Å². The molecule has 0 radical (unpaired) electrons. The van der Waals surface area contributed by atoms with Gasteiger partial charge < -0.3 is 15.5 Å². The minimum absolute atomic E-state index is 0.0632. The van der Waals surface area contributed by atoms with Crippen LogP contribution in [0.4, 0.5) is 0 Å². The number of dihydropyridines is 1. The van der Waals surface area contributed by atoms with Crippen LogP contribution in [0.25, 0.3) is 10.8 Å². The minimum atomic E-state index is -1.12. The maximum Gasteiger partial charge on any atom is 0.334 e. The van der Waals surface area contributed by atoms with Crippen LogP contribution in [0, 0.1) is 0 Å². The Hall–Kier alpha value is -3.08. The van der Waals surface area contributed by atoms with E-state index in [4.69, 9.17) is 0 Å². The van der Waals surface area contributed by atoms with Crippen molar-refractivity contribution in [1.29, 1.82) is 0 Å². The monoisotopic (exact) mass is 323 g/mol. The van der Waals surface area contributed by atoms with Gasteiger partial charge in [0.15, 0.2) is 0 Å². The van der Waals surface area contributed by atoms with Gasteiger partial charge >= 0.3 is 11.9 Å². The van der Waals surface area contributed by atoms with Crippen molar-refractivity contribution in [2.75, 3.05) is 0 Å². The van der Waals surface area contributed by atoms with Crippen LogP contribution in [-0.4, -0.2) is 22.2 Å². The number of rotatable bonds is 3. The highest BCUT2D eigenvalue weighted by molar-refractivity contribution is 5.99. The van der Waals surface area contributed by atoms with E-state index in [1.807, 2.05) is 36.4 Å². The summed E-state index contributed by atoms with van der Waals surface area (Å²) in [4.78, 5) is 23.5. The second-order valence-electron chi connectivity index (χ2n) is 5.85. The third-order valence-electron chi connectivity index (χ3n) is 4.33. The van der Waals surface area contributed by atoms with Crippen LogP contribution in [-0.2, 0) is 9.59 Å². The molecule has 1 aliphatic heterocycles. The molecule has 2 aromatic carbocycles. The van der Waals surface area contributed by atoms with Crippen molar-refractivity contribution in [3.05, 3.63) is 70.6 Å². The molecule has 0 amide bonds. The van der Waals surface area contributed by atoms with Crippen LogP contribution in [0.3, 0.4) is 0 Å². The molecule has 0 fully saturated rings. The normalized spacial score (nSPS) is 15.6. The summed E-state index contributed by atoms with van der Waals surface area (Å²) in [5, 5.41) is 24.1. The highest BCUT2D eigenvalue weighted by atomic mass is 16.4. The lowest BCUT2D eigenvalue weighted by Crippen LogP contribution is -2.30. The van der Waals surface area contributed by atoms with Gasteiger partial charge in [0.25, 0.3) is 0 Å². The maximum absolute atomic E-state index is 11.8. The van der Waals surface area contributed by atoms with E-state index < -0.39 is 17.9 Å². The number of carboxylic acid groups (broad SMARTS) is 2. The van der Waals surface area contributed by atoms with E-state index in [1.165, 1.54) is 0 Å². The molecule has 0 aromatic heterocycles. The molecule has 0 aliphatic carbocycles. The Morgan fingerprint density at radius 3 is 1.96 bits per heavy atom. The number of fused-ring (bicyclic) bond motifs is 1. The molecule has 122 valence electrons. The fourth-order valence-electron chi connectivity index (χ4n) is 3.28.